The number of rotatable bonds is 5. The first-order valence-electron chi connectivity index (χ1n) is 4.86. The van der Waals surface area contributed by atoms with Crippen LogP contribution in [0.3, 0.4) is 0 Å². The van der Waals surface area contributed by atoms with Gasteiger partial charge in [-0.3, -0.25) is 4.79 Å². The fourth-order valence-electron chi connectivity index (χ4n) is 1.24. The molecule has 1 rings (SSSR count). The van der Waals surface area contributed by atoms with E-state index in [1.165, 1.54) is 0 Å². The molecule has 0 aliphatic rings. The van der Waals surface area contributed by atoms with E-state index in [4.69, 9.17) is 5.11 Å². The van der Waals surface area contributed by atoms with E-state index in [9.17, 15) is 4.79 Å². The van der Waals surface area contributed by atoms with Crippen LogP contribution in [0.1, 0.15) is 13.3 Å². The Morgan fingerprint density at radius 3 is 2.73 bits per heavy atom. The third-order valence-corrected chi connectivity index (χ3v) is 2.95. The van der Waals surface area contributed by atoms with Gasteiger partial charge >= 0.3 is 5.97 Å². The van der Waals surface area contributed by atoms with E-state index < -0.39 is 5.97 Å². The van der Waals surface area contributed by atoms with Crippen LogP contribution in [0.2, 0.25) is 0 Å². The lowest BCUT2D eigenvalue weighted by Gasteiger charge is -2.13. The summed E-state index contributed by atoms with van der Waals surface area (Å²) < 4.78 is 0.949. The first-order valence-corrected chi connectivity index (χ1v) is 5.65. The van der Waals surface area contributed by atoms with Crippen molar-refractivity contribution in [1.29, 1.82) is 0 Å². The Morgan fingerprint density at radius 1 is 1.53 bits per heavy atom. The van der Waals surface area contributed by atoms with Crippen LogP contribution in [0, 0.1) is 5.92 Å². The number of hydrogen-bond acceptors (Lipinski definition) is 2. The highest BCUT2D eigenvalue weighted by Crippen LogP contribution is 2.21. The minimum atomic E-state index is -0.753. The number of aliphatic carboxylic acids is 1. The molecule has 4 heteroatoms. The quantitative estimate of drug-likeness (QED) is 0.866. The molecule has 0 radical (unpaired) electrons. The number of anilines is 1. The summed E-state index contributed by atoms with van der Waals surface area (Å²) in [4.78, 5) is 10.8. The zero-order valence-electron chi connectivity index (χ0n) is 8.53. The van der Waals surface area contributed by atoms with Gasteiger partial charge < -0.3 is 10.4 Å². The molecule has 0 amide bonds. The normalized spacial score (nSPS) is 12.1. The van der Waals surface area contributed by atoms with Gasteiger partial charge in [0.1, 0.15) is 0 Å². The van der Waals surface area contributed by atoms with E-state index >= 15 is 0 Å². The second-order valence-corrected chi connectivity index (χ2v) is 4.16. The molecule has 1 aromatic rings. The van der Waals surface area contributed by atoms with Gasteiger partial charge in [0, 0.05) is 16.7 Å². The molecule has 1 unspecified atom stereocenters. The molecule has 3 nitrogen and oxygen atoms in total. The molecule has 0 saturated carbocycles. The van der Waals surface area contributed by atoms with Crippen molar-refractivity contribution in [2.75, 3.05) is 11.9 Å². The van der Waals surface area contributed by atoms with Crippen LogP contribution in [0.25, 0.3) is 0 Å². The van der Waals surface area contributed by atoms with Crippen LogP contribution >= 0.6 is 15.9 Å². The van der Waals surface area contributed by atoms with E-state index in [1.54, 1.807) is 0 Å². The lowest BCUT2D eigenvalue weighted by molar-refractivity contribution is -0.141. The maximum atomic E-state index is 10.8. The average molecular weight is 272 g/mol. The van der Waals surface area contributed by atoms with Crippen LogP contribution in [0.5, 0.6) is 0 Å². The third-order valence-electron chi connectivity index (χ3n) is 2.25. The molecule has 0 aliphatic heterocycles. The molecule has 2 N–H and O–H groups in total. The van der Waals surface area contributed by atoms with Crippen molar-refractivity contribution in [2.45, 2.75) is 13.3 Å². The van der Waals surface area contributed by atoms with Crippen molar-refractivity contribution < 1.29 is 9.90 Å². The lowest BCUT2D eigenvalue weighted by atomic mass is 10.1. The minimum Gasteiger partial charge on any atom is -0.481 e. The van der Waals surface area contributed by atoms with Gasteiger partial charge in [0.25, 0.3) is 0 Å². The minimum absolute atomic E-state index is 0.336. The molecule has 0 bridgehead atoms. The Bertz CT molecular complexity index is 341. The van der Waals surface area contributed by atoms with Crippen molar-refractivity contribution >= 4 is 27.6 Å². The largest absolute Gasteiger partial charge is 0.481 e. The van der Waals surface area contributed by atoms with Gasteiger partial charge in [-0.2, -0.15) is 0 Å². The van der Waals surface area contributed by atoms with Crippen LogP contribution in [0.4, 0.5) is 5.69 Å². The topological polar surface area (TPSA) is 49.3 Å². The summed E-state index contributed by atoms with van der Waals surface area (Å²) in [6, 6.07) is 7.67. The number of halogens is 1. The van der Waals surface area contributed by atoms with Gasteiger partial charge in [-0.1, -0.05) is 19.1 Å². The Balaban J connectivity index is 2.56. The summed E-state index contributed by atoms with van der Waals surface area (Å²) in [6.07, 6.45) is 0.632. The Labute approximate surface area is 97.6 Å². The molecule has 0 saturated heterocycles. The molecular formula is C11H14BrNO2. The second-order valence-electron chi connectivity index (χ2n) is 3.30. The first-order chi connectivity index (χ1) is 7.15. The Hall–Kier alpha value is -1.03. The average Bonchev–Trinajstić information content (AvgIpc) is 2.21. The Kier molecular flexibility index (Phi) is 4.62. The molecule has 15 heavy (non-hydrogen) atoms. The summed E-state index contributed by atoms with van der Waals surface area (Å²) in [5.41, 5.74) is 0.928. The number of carbonyl (C=O) groups is 1. The fourth-order valence-corrected chi connectivity index (χ4v) is 1.67. The first kappa shape index (κ1) is 12.0. The molecular weight excluding hydrogens is 258 g/mol. The number of carboxylic acid groups (broad SMARTS) is 1. The molecule has 1 atom stereocenters. The Morgan fingerprint density at radius 2 is 2.20 bits per heavy atom. The highest BCUT2D eigenvalue weighted by molar-refractivity contribution is 9.10. The van der Waals surface area contributed by atoms with E-state index in [0.717, 1.165) is 10.2 Å². The molecule has 0 aliphatic carbocycles. The molecule has 0 spiro atoms. The zero-order chi connectivity index (χ0) is 11.3. The van der Waals surface area contributed by atoms with E-state index in [0.29, 0.717) is 13.0 Å². The maximum absolute atomic E-state index is 10.8. The lowest BCUT2D eigenvalue weighted by Crippen LogP contribution is -2.22. The van der Waals surface area contributed by atoms with Crippen LogP contribution < -0.4 is 5.32 Å². The van der Waals surface area contributed by atoms with Crippen LogP contribution in [-0.4, -0.2) is 17.6 Å². The number of hydrogen-bond donors (Lipinski definition) is 2. The standard InChI is InChI=1S/C11H14BrNO2/c1-2-8(11(14)15)7-13-10-6-4-3-5-9(10)12/h3-6,8,13H,2,7H2,1H3,(H,14,15). The van der Waals surface area contributed by atoms with Crippen molar-refractivity contribution in [1.82, 2.24) is 0 Å². The predicted octanol–water partition coefficient (Wildman–Crippen LogP) is 2.97. The number of carboxylic acids is 1. The summed E-state index contributed by atoms with van der Waals surface area (Å²) in [7, 11) is 0. The van der Waals surface area contributed by atoms with Crippen LogP contribution in [-0.2, 0) is 4.79 Å². The van der Waals surface area contributed by atoms with Gasteiger partial charge in [-0.25, -0.2) is 0 Å². The fraction of sp³-hybridized carbons (Fsp3) is 0.364. The van der Waals surface area contributed by atoms with Crippen LogP contribution in [0.15, 0.2) is 28.7 Å². The van der Waals surface area contributed by atoms with Crippen molar-refractivity contribution in [3.63, 3.8) is 0 Å². The summed E-state index contributed by atoms with van der Waals surface area (Å²) >= 11 is 3.40. The van der Waals surface area contributed by atoms with Gasteiger partial charge in [0.2, 0.25) is 0 Å². The smallest absolute Gasteiger partial charge is 0.308 e. The van der Waals surface area contributed by atoms with Crippen molar-refractivity contribution in [3.8, 4) is 0 Å². The molecule has 0 heterocycles. The predicted molar refractivity (Wildman–Crippen MR) is 64.0 cm³/mol. The molecule has 0 fully saturated rings. The molecule has 82 valence electrons. The van der Waals surface area contributed by atoms with E-state index in [2.05, 4.69) is 21.2 Å². The molecule has 1 aromatic carbocycles. The summed E-state index contributed by atoms with van der Waals surface area (Å²) in [6.45, 7) is 2.33. The van der Waals surface area contributed by atoms with E-state index in [-0.39, 0.29) is 5.92 Å². The highest BCUT2D eigenvalue weighted by Gasteiger charge is 2.14. The summed E-state index contributed by atoms with van der Waals surface area (Å²) in [5, 5.41) is 12.0. The van der Waals surface area contributed by atoms with Gasteiger partial charge in [-0.05, 0) is 34.5 Å². The number of benzene rings is 1. The number of para-hydroxylation sites is 1. The number of nitrogens with one attached hydrogen (secondary N) is 1. The SMILES string of the molecule is CCC(CNc1ccccc1Br)C(=O)O. The van der Waals surface area contributed by atoms with Gasteiger partial charge in [0.05, 0.1) is 5.92 Å². The van der Waals surface area contributed by atoms with Crippen molar-refractivity contribution in [2.24, 2.45) is 5.92 Å². The summed E-state index contributed by atoms with van der Waals surface area (Å²) in [5.74, 6) is -1.09. The maximum Gasteiger partial charge on any atom is 0.308 e. The molecule has 0 aromatic heterocycles. The van der Waals surface area contributed by atoms with Gasteiger partial charge in [-0.15, -0.1) is 0 Å². The second kappa shape index (κ2) is 5.75. The monoisotopic (exact) mass is 271 g/mol. The van der Waals surface area contributed by atoms with Gasteiger partial charge in [0.15, 0.2) is 0 Å². The van der Waals surface area contributed by atoms with E-state index in [1.807, 2.05) is 31.2 Å². The zero-order valence-corrected chi connectivity index (χ0v) is 10.1. The highest BCUT2D eigenvalue weighted by atomic mass is 79.9. The third kappa shape index (κ3) is 3.55. The van der Waals surface area contributed by atoms with Crippen molar-refractivity contribution in [3.05, 3.63) is 28.7 Å².